The first-order chi connectivity index (χ1) is 10.6. The van der Waals surface area contributed by atoms with Crippen LogP contribution in [-0.4, -0.2) is 61.0 Å². The number of fused-ring (bicyclic) bond motifs is 1. The van der Waals surface area contributed by atoms with E-state index < -0.39 is 10.2 Å². The number of piperazine rings is 1. The van der Waals surface area contributed by atoms with Gasteiger partial charge in [0.1, 0.15) is 0 Å². The number of hydrogen-bond donors (Lipinski definition) is 2. The first kappa shape index (κ1) is 15.9. The third-order valence-electron chi connectivity index (χ3n) is 4.62. The van der Waals surface area contributed by atoms with E-state index in [9.17, 15) is 8.42 Å². The van der Waals surface area contributed by atoms with E-state index in [0.717, 1.165) is 38.0 Å². The second-order valence-electron chi connectivity index (χ2n) is 6.22. The smallest absolute Gasteiger partial charge is 0.279 e. The van der Waals surface area contributed by atoms with Gasteiger partial charge < -0.3 is 4.90 Å². The summed E-state index contributed by atoms with van der Waals surface area (Å²) in [6.45, 7) is 2.92. The lowest BCUT2D eigenvalue weighted by atomic mass is 10.1. The molecule has 0 spiro atoms. The van der Waals surface area contributed by atoms with Crippen LogP contribution in [0.2, 0.25) is 0 Å². The molecule has 1 aliphatic heterocycles. The van der Waals surface area contributed by atoms with Gasteiger partial charge in [0, 0.05) is 31.9 Å². The van der Waals surface area contributed by atoms with Crippen LogP contribution in [0.25, 0.3) is 0 Å². The standard InChI is InChI=1S/C14H25N5O2S/c1-18-7-9-19(10-8-18)22(20,21)15-11-14-12-5-3-2-4-6-13(12)16-17-14/h15H,2-11H2,1H3,(H,16,17). The summed E-state index contributed by atoms with van der Waals surface area (Å²) in [6, 6.07) is 0. The second kappa shape index (κ2) is 6.66. The predicted molar refractivity (Wildman–Crippen MR) is 84.7 cm³/mol. The molecule has 2 N–H and O–H groups in total. The van der Waals surface area contributed by atoms with Gasteiger partial charge in [0.25, 0.3) is 10.2 Å². The predicted octanol–water partition coefficient (Wildman–Crippen LogP) is 0.260. The molecule has 2 aliphatic rings. The Hall–Kier alpha value is -0.960. The number of likely N-dealkylation sites (N-methyl/N-ethyl adjacent to an activating group) is 1. The minimum Gasteiger partial charge on any atom is -0.304 e. The maximum atomic E-state index is 12.4. The SMILES string of the molecule is CN1CCN(S(=O)(=O)NCc2n[nH]c3c2CCCCC3)CC1. The highest BCUT2D eigenvalue weighted by atomic mass is 32.2. The fourth-order valence-corrected chi connectivity index (χ4v) is 4.30. The van der Waals surface area contributed by atoms with Crippen molar-refractivity contribution >= 4 is 10.2 Å². The van der Waals surface area contributed by atoms with Crippen molar-refractivity contribution in [3.05, 3.63) is 17.0 Å². The zero-order chi connectivity index (χ0) is 15.6. The van der Waals surface area contributed by atoms with Gasteiger partial charge in [-0.05, 0) is 38.3 Å². The molecule has 0 unspecified atom stereocenters. The molecule has 8 heteroatoms. The van der Waals surface area contributed by atoms with Crippen LogP contribution < -0.4 is 4.72 Å². The number of H-pyrrole nitrogens is 1. The molecule has 1 aromatic rings. The number of aromatic amines is 1. The first-order valence-corrected chi connectivity index (χ1v) is 9.48. The highest BCUT2D eigenvalue weighted by Gasteiger charge is 2.26. The number of hydrogen-bond acceptors (Lipinski definition) is 4. The number of nitrogens with zero attached hydrogens (tertiary/aromatic N) is 3. The van der Waals surface area contributed by atoms with Crippen molar-refractivity contribution in [2.75, 3.05) is 33.2 Å². The van der Waals surface area contributed by atoms with Gasteiger partial charge in [0.05, 0.1) is 12.2 Å². The number of nitrogens with one attached hydrogen (secondary N) is 2. The fourth-order valence-electron chi connectivity index (χ4n) is 3.15. The lowest BCUT2D eigenvalue weighted by Crippen LogP contribution is -2.50. The highest BCUT2D eigenvalue weighted by molar-refractivity contribution is 7.87. The van der Waals surface area contributed by atoms with Crippen molar-refractivity contribution in [3.63, 3.8) is 0 Å². The molecule has 3 rings (SSSR count). The Labute approximate surface area is 132 Å². The minimum absolute atomic E-state index is 0.278. The van der Waals surface area contributed by atoms with Crippen LogP contribution in [0.15, 0.2) is 0 Å². The molecule has 1 aliphatic carbocycles. The third-order valence-corrected chi connectivity index (χ3v) is 6.17. The number of aryl methyl sites for hydroxylation is 1. The van der Waals surface area contributed by atoms with E-state index in [1.807, 2.05) is 7.05 Å². The monoisotopic (exact) mass is 327 g/mol. The van der Waals surface area contributed by atoms with E-state index in [1.165, 1.54) is 28.4 Å². The number of rotatable bonds is 4. The topological polar surface area (TPSA) is 81.3 Å². The van der Waals surface area contributed by atoms with E-state index in [4.69, 9.17) is 0 Å². The first-order valence-electron chi connectivity index (χ1n) is 8.04. The molecule has 1 aromatic heterocycles. The summed E-state index contributed by atoms with van der Waals surface area (Å²) in [5.74, 6) is 0. The van der Waals surface area contributed by atoms with Gasteiger partial charge in [-0.25, -0.2) is 0 Å². The third kappa shape index (κ3) is 3.51. The Kier molecular flexibility index (Phi) is 4.82. The highest BCUT2D eigenvalue weighted by Crippen LogP contribution is 2.21. The molecule has 2 heterocycles. The van der Waals surface area contributed by atoms with E-state index in [2.05, 4.69) is 19.8 Å². The molecule has 0 aromatic carbocycles. The van der Waals surface area contributed by atoms with Crippen LogP contribution in [-0.2, 0) is 29.6 Å². The maximum Gasteiger partial charge on any atom is 0.279 e. The normalized spacial score (nSPS) is 21.5. The van der Waals surface area contributed by atoms with Crippen LogP contribution in [0.1, 0.15) is 36.2 Å². The molecule has 7 nitrogen and oxygen atoms in total. The van der Waals surface area contributed by atoms with Gasteiger partial charge >= 0.3 is 0 Å². The van der Waals surface area contributed by atoms with Gasteiger partial charge in [-0.3, -0.25) is 5.10 Å². The molecule has 1 fully saturated rings. The molecule has 0 amide bonds. The minimum atomic E-state index is -3.42. The molecule has 0 bridgehead atoms. The molecule has 124 valence electrons. The summed E-state index contributed by atoms with van der Waals surface area (Å²) < 4.78 is 29.0. The van der Waals surface area contributed by atoms with Crippen molar-refractivity contribution in [3.8, 4) is 0 Å². The Morgan fingerprint density at radius 1 is 1.14 bits per heavy atom. The molecule has 0 radical (unpaired) electrons. The van der Waals surface area contributed by atoms with E-state index >= 15 is 0 Å². The van der Waals surface area contributed by atoms with Crippen molar-refractivity contribution < 1.29 is 8.42 Å². The summed E-state index contributed by atoms with van der Waals surface area (Å²) >= 11 is 0. The number of aromatic nitrogens is 2. The lowest BCUT2D eigenvalue weighted by Gasteiger charge is -2.31. The van der Waals surface area contributed by atoms with Crippen molar-refractivity contribution in [2.24, 2.45) is 0 Å². The molecule has 0 saturated carbocycles. The molecule has 0 atom stereocenters. The van der Waals surface area contributed by atoms with E-state index in [-0.39, 0.29) is 6.54 Å². The maximum absolute atomic E-state index is 12.4. The van der Waals surface area contributed by atoms with E-state index in [1.54, 1.807) is 0 Å². The quantitative estimate of drug-likeness (QED) is 0.777. The second-order valence-corrected chi connectivity index (χ2v) is 7.97. The summed E-state index contributed by atoms with van der Waals surface area (Å²) in [5, 5.41) is 7.40. The zero-order valence-electron chi connectivity index (χ0n) is 13.1. The van der Waals surface area contributed by atoms with Crippen LogP contribution in [0.3, 0.4) is 0 Å². The van der Waals surface area contributed by atoms with Crippen molar-refractivity contribution in [1.82, 2.24) is 24.1 Å². The molecular weight excluding hydrogens is 302 g/mol. The average molecular weight is 327 g/mol. The summed E-state index contributed by atoms with van der Waals surface area (Å²) in [6.07, 6.45) is 5.59. The molecular formula is C14H25N5O2S. The summed E-state index contributed by atoms with van der Waals surface area (Å²) in [5.41, 5.74) is 3.26. The fraction of sp³-hybridized carbons (Fsp3) is 0.786. The van der Waals surface area contributed by atoms with E-state index in [0.29, 0.717) is 13.1 Å². The van der Waals surface area contributed by atoms with Crippen molar-refractivity contribution in [1.29, 1.82) is 0 Å². The Bertz CT molecular complexity index is 605. The van der Waals surface area contributed by atoms with Crippen LogP contribution in [0.5, 0.6) is 0 Å². The zero-order valence-corrected chi connectivity index (χ0v) is 14.0. The van der Waals surface area contributed by atoms with Gasteiger partial charge in [0.15, 0.2) is 0 Å². The van der Waals surface area contributed by atoms with Crippen molar-refractivity contribution in [2.45, 2.75) is 38.6 Å². The van der Waals surface area contributed by atoms with Gasteiger partial charge in [-0.15, -0.1) is 0 Å². The Morgan fingerprint density at radius 3 is 2.64 bits per heavy atom. The largest absolute Gasteiger partial charge is 0.304 e. The van der Waals surface area contributed by atoms with Gasteiger partial charge in [-0.1, -0.05) is 6.42 Å². The Balaban J connectivity index is 1.63. The van der Waals surface area contributed by atoms with Gasteiger partial charge in [-0.2, -0.15) is 22.5 Å². The van der Waals surface area contributed by atoms with Crippen LogP contribution >= 0.6 is 0 Å². The van der Waals surface area contributed by atoms with Crippen LogP contribution in [0, 0.1) is 0 Å². The van der Waals surface area contributed by atoms with Crippen LogP contribution in [0.4, 0.5) is 0 Å². The molecule has 1 saturated heterocycles. The summed E-state index contributed by atoms with van der Waals surface area (Å²) in [7, 11) is -1.41. The average Bonchev–Trinajstić information content (AvgIpc) is 2.73. The Morgan fingerprint density at radius 2 is 1.86 bits per heavy atom. The lowest BCUT2D eigenvalue weighted by molar-refractivity contribution is 0.221. The molecule has 22 heavy (non-hydrogen) atoms. The summed E-state index contributed by atoms with van der Waals surface area (Å²) in [4.78, 5) is 2.14. The van der Waals surface area contributed by atoms with Gasteiger partial charge in [0.2, 0.25) is 0 Å².